The first-order chi connectivity index (χ1) is 9.46. The van der Waals surface area contributed by atoms with Crippen molar-refractivity contribution in [3.05, 3.63) is 35.4 Å². The monoisotopic (exact) mass is 274 g/mol. The van der Waals surface area contributed by atoms with Gasteiger partial charge in [0, 0.05) is 11.6 Å². The van der Waals surface area contributed by atoms with Crippen molar-refractivity contribution in [3.8, 4) is 0 Å². The van der Waals surface area contributed by atoms with Crippen molar-refractivity contribution in [1.29, 1.82) is 0 Å². The van der Waals surface area contributed by atoms with E-state index in [1.165, 1.54) is 19.3 Å². The molecule has 1 N–H and O–H groups in total. The van der Waals surface area contributed by atoms with Crippen molar-refractivity contribution in [2.75, 3.05) is 20.6 Å². The predicted octanol–water partition coefficient (Wildman–Crippen LogP) is 3.42. The van der Waals surface area contributed by atoms with Crippen LogP contribution in [0.3, 0.4) is 0 Å². The van der Waals surface area contributed by atoms with Gasteiger partial charge in [-0.2, -0.15) is 0 Å². The summed E-state index contributed by atoms with van der Waals surface area (Å²) in [6, 6.07) is 9.46. The first-order valence-corrected chi connectivity index (χ1v) is 7.95. The molecule has 0 aliphatic heterocycles. The number of nitrogens with one attached hydrogen (secondary N) is 1. The second-order valence-electron chi connectivity index (χ2n) is 6.89. The minimum atomic E-state index is 0.180. The molecule has 0 saturated carbocycles. The Morgan fingerprint density at radius 3 is 2.60 bits per heavy atom. The van der Waals surface area contributed by atoms with Gasteiger partial charge in [-0.05, 0) is 70.8 Å². The molecule has 2 heteroatoms. The number of hydrogen-bond donors (Lipinski definition) is 1. The van der Waals surface area contributed by atoms with Gasteiger partial charge in [-0.3, -0.25) is 0 Å². The fourth-order valence-corrected chi connectivity index (χ4v) is 3.11. The highest BCUT2D eigenvalue weighted by molar-refractivity contribution is 5.40. The molecule has 1 aromatic rings. The summed E-state index contributed by atoms with van der Waals surface area (Å²) < 4.78 is 0. The van der Waals surface area contributed by atoms with E-state index in [0.717, 1.165) is 12.5 Å². The maximum atomic E-state index is 3.78. The third-order valence-corrected chi connectivity index (χ3v) is 5.13. The maximum Gasteiger partial charge on any atom is 0.0300 e. The smallest absolute Gasteiger partial charge is 0.0300 e. The zero-order valence-corrected chi connectivity index (χ0v) is 13.7. The quantitative estimate of drug-likeness (QED) is 0.819. The summed E-state index contributed by atoms with van der Waals surface area (Å²) in [4.78, 5) is 2.35. The highest BCUT2D eigenvalue weighted by Gasteiger charge is 2.36. The van der Waals surface area contributed by atoms with Crippen LogP contribution in [0.5, 0.6) is 0 Å². The highest BCUT2D eigenvalue weighted by Crippen LogP contribution is 2.39. The van der Waals surface area contributed by atoms with Crippen molar-refractivity contribution in [2.45, 2.75) is 57.5 Å². The minimum Gasteiger partial charge on any atom is -0.312 e. The number of benzene rings is 1. The molecule has 20 heavy (non-hydrogen) atoms. The fraction of sp³-hybridized carbons (Fsp3) is 0.667. The molecule has 1 aliphatic rings. The van der Waals surface area contributed by atoms with Crippen LogP contribution >= 0.6 is 0 Å². The maximum absolute atomic E-state index is 3.78. The van der Waals surface area contributed by atoms with Crippen LogP contribution in [0.1, 0.15) is 50.7 Å². The molecule has 0 aromatic heterocycles. The van der Waals surface area contributed by atoms with Gasteiger partial charge in [0.2, 0.25) is 0 Å². The third kappa shape index (κ3) is 3.07. The van der Waals surface area contributed by atoms with E-state index in [2.05, 4.69) is 69.3 Å². The SMILES string of the molecule is CCCNC(CC1Cc2ccccc21)C(C)(C)N(C)C. The zero-order chi connectivity index (χ0) is 14.8. The molecule has 1 aromatic carbocycles. The van der Waals surface area contributed by atoms with E-state index in [0.29, 0.717) is 6.04 Å². The van der Waals surface area contributed by atoms with Gasteiger partial charge in [-0.25, -0.2) is 0 Å². The summed E-state index contributed by atoms with van der Waals surface area (Å²) in [5, 5.41) is 3.78. The van der Waals surface area contributed by atoms with Gasteiger partial charge in [-0.1, -0.05) is 31.2 Å². The molecule has 0 spiro atoms. The lowest BCUT2D eigenvalue weighted by Crippen LogP contribution is -2.56. The van der Waals surface area contributed by atoms with Gasteiger partial charge in [0.15, 0.2) is 0 Å². The molecule has 0 heterocycles. The number of rotatable bonds is 7. The lowest BCUT2D eigenvalue weighted by molar-refractivity contribution is 0.126. The molecule has 2 nitrogen and oxygen atoms in total. The van der Waals surface area contributed by atoms with E-state index in [-0.39, 0.29) is 5.54 Å². The molecular weight excluding hydrogens is 244 g/mol. The summed E-state index contributed by atoms with van der Waals surface area (Å²) in [5.74, 6) is 0.736. The molecule has 0 fully saturated rings. The largest absolute Gasteiger partial charge is 0.312 e. The molecular formula is C18H30N2. The first kappa shape index (κ1) is 15.5. The molecule has 1 aliphatic carbocycles. The Morgan fingerprint density at radius 2 is 2.00 bits per heavy atom. The molecule has 0 bridgehead atoms. The molecule has 2 atom stereocenters. The van der Waals surface area contributed by atoms with Crippen LogP contribution < -0.4 is 5.32 Å². The van der Waals surface area contributed by atoms with Crippen LogP contribution in [0, 0.1) is 0 Å². The normalized spacial score (nSPS) is 19.6. The van der Waals surface area contributed by atoms with E-state index in [1.54, 1.807) is 11.1 Å². The summed E-state index contributed by atoms with van der Waals surface area (Å²) in [6.45, 7) is 8.05. The lowest BCUT2D eigenvalue weighted by atomic mass is 9.72. The van der Waals surface area contributed by atoms with Crippen molar-refractivity contribution < 1.29 is 0 Å². The third-order valence-electron chi connectivity index (χ3n) is 5.13. The predicted molar refractivity (Wildman–Crippen MR) is 87.4 cm³/mol. The molecule has 112 valence electrons. The summed E-state index contributed by atoms with van der Waals surface area (Å²) in [5.41, 5.74) is 3.31. The van der Waals surface area contributed by atoms with Crippen molar-refractivity contribution in [2.24, 2.45) is 0 Å². The molecule has 0 saturated heterocycles. The van der Waals surface area contributed by atoms with E-state index in [9.17, 15) is 0 Å². The second-order valence-corrected chi connectivity index (χ2v) is 6.89. The van der Waals surface area contributed by atoms with E-state index in [4.69, 9.17) is 0 Å². The minimum absolute atomic E-state index is 0.180. The standard InChI is InChI=1S/C18H30N2/c1-6-11-19-17(18(2,3)20(4)5)13-15-12-14-9-7-8-10-16(14)15/h7-10,15,17,19H,6,11-13H2,1-5H3. The van der Waals surface area contributed by atoms with Gasteiger partial charge in [-0.15, -0.1) is 0 Å². The Balaban J connectivity index is 2.06. The molecule has 0 amide bonds. The van der Waals surface area contributed by atoms with Crippen molar-refractivity contribution >= 4 is 0 Å². The average molecular weight is 274 g/mol. The number of nitrogens with zero attached hydrogens (tertiary/aromatic N) is 1. The van der Waals surface area contributed by atoms with Gasteiger partial charge >= 0.3 is 0 Å². The van der Waals surface area contributed by atoms with E-state index < -0.39 is 0 Å². The Kier molecular flexibility index (Phi) is 4.87. The van der Waals surface area contributed by atoms with Gasteiger partial charge < -0.3 is 10.2 Å². The summed E-state index contributed by atoms with van der Waals surface area (Å²) in [6.07, 6.45) is 3.69. The van der Waals surface area contributed by atoms with Crippen LogP contribution in [0.25, 0.3) is 0 Å². The van der Waals surface area contributed by atoms with Crippen LogP contribution in [0.2, 0.25) is 0 Å². The molecule has 2 unspecified atom stereocenters. The van der Waals surface area contributed by atoms with E-state index >= 15 is 0 Å². The molecule has 0 radical (unpaired) electrons. The zero-order valence-electron chi connectivity index (χ0n) is 13.7. The number of fused-ring (bicyclic) bond motifs is 1. The Morgan fingerprint density at radius 1 is 1.30 bits per heavy atom. The van der Waals surface area contributed by atoms with Crippen LogP contribution in [-0.2, 0) is 6.42 Å². The average Bonchev–Trinajstić information content (AvgIpc) is 2.38. The van der Waals surface area contributed by atoms with Crippen LogP contribution in [-0.4, -0.2) is 37.1 Å². The summed E-state index contributed by atoms with van der Waals surface area (Å²) in [7, 11) is 4.38. The summed E-state index contributed by atoms with van der Waals surface area (Å²) >= 11 is 0. The second kappa shape index (κ2) is 6.28. The van der Waals surface area contributed by atoms with Gasteiger partial charge in [0.1, 0.15) is 0 Å². The van der Waals surface area contributed by atoms with E-state index in [1.807, 2.05) is 0 Å². The van der Waals surface area contributed by atoms with Gasteiger partial charge in [0.05, 0.1) is 0 Å². The fourth-order valence-electron chi connectivity index (χ4n) is 3.11. The first-order valence-electron chi connectivity index (χ1n) is 7.95. The lowest BCUT2D eigenvalue weighted by Gasteiger charge is -2.44. The highest BCUT2D eigenvalue weighted by atomic mass is 15.2. The Labute approximate surface area is 124 Å². The van der Waals surface area contributed by atoms with Crippen molar-refractivity contribution in [1.82, 2.24) is 10.2 Å². The molecule has 2 rings (SSSR count). The Hall–Kier alpha value is -0.860. The van der Waals surface area contributed by atoms with Gasteiger partial charge in [0.25, 0.3) is 0 Å². The topological polar surface area (TPSA) is 15.3 Å². The number of likely N-dealkylation sites (N-methyl/N-ethyl adjacent to an activating group) is 1. The van der Waals surface area contributed by atoms with Crippen LogP contribution in [0.4, 0.5) is 0 Å². The Bertz CT molecular complexity index is 437. The number of hydrogen-bond acceptors (Lipinski definition) is 2. The van der Waals surface area contributed by atoms with Crippen LogP contribution in [0.15, 0.2) is 24.3 Å². The van der Waals surface area contributed by atoms with Crippen molar-refractivity contribution in [3.63, 3.8) is 0 Å².